The highest BCUT2D eigenvalue weighted by atomic mass is 16.5. The van der Waals surface area contributed by atoms with Gasteiger partial charge in [-0.1, -0.05) is 18.6 Å². The van der Waals surface area contributed by atoms with E-state index in [1.165, 1.54) is 12.8 Å². The summed E-state index contributed by atoms with van der Waals surface area (Å²) in [7, 11) is 0. The van der Waals surface area contributed by atoms with E-state index in [0.29, 0.717) is 25.0 Å². The van der Waals surface area contributed by atoms with Crippen LogP contribution in [-0.2, 0) is 0 Å². The molecule has 0 spiro atoms. The minimum atomic E-state index is -0.514. The van der Waals surface area contributed by atoms with Crippen molar-refractivity contribution in [2.45, 2.75) is 32.3 Å². The van der Waals surface area contributed by atoms with Crippen LogP contribution in [-0.4, -0.2) is 42.6 Å². The van der Waals surface area contributed by atoms with E-state index in [1.807, 2.05) is 31.2 Å². The average molecular weight is 293 g/mol. The van der Waals surface area contributed by atoms with E-state index in [4.69, 9.17) is 4.74 Å². The van der Waals surface area contributed by atoms with Crippen LogP contribution in [0.4, 0.5) is 0 Å². The first-order chi connectivity index (χ1) is 10.2. The normalized spacial score (nSPS) is 23.2. The van der Waals surface area contributed by atoms with Crippen molar-refractivity contribution in [2.75, 3.05) is 26.3 Å². The van der Waals surface area contributed by atoms with Gasteiger partial charge in [-0.25, -0.2) is 0 Å². The monoisotopic (exact) mass is 293 g/mol. The van der Waals surface area contributed by atoms with Crippen LogP contribution in [0.1, 0.15) is 24.8 Å². The van der Waals surface area contributed by atoms with Crippen molar-refractivity contribution in [3.8, 4) is 5.75 Å². The molecule has 3 unspecified atom stereocenters. The Bertz CT molecular complexity index is 424. The van der Waals surface area contributed by atoms with E-state index in [2.05, 4.69) is 5.32 Å². The van der Waals surface area contributed by atoms with E-state index in [0.717, 1.165) is 24.3 Å². The number of aryl methyl sites for hydroxylation is 1. The Morgan fingerprint density at radius 1 is 1.33 bits per heavy atom. The molecule has 1 aromatic rings. The van der Waals surface area contributed by atoms with E-state index in [1.54, 1.807) is 0 Å². The van der Waals surface area contributed by atoms with Gasteiger partial charge in [-0.3, -0.25) is 0 Å². The fourth-order valence-electron chi connectivity index (χ4n) is 3.01. The quantitative estimate of drug-likeness (QED) is 0.683. The van der Waals surface area contributed by atoms with Gasteiger partial charge in [-0.2, -0.15) is 0 Å². The number of nitrogens with one attached hydrogen (secondary N) is 1. The molecule has 4 nitrogen and oxygen atoms in total. The molecule has 21 heavy (non-hydrogen) atoms. The van der Waals surface area contributed by atoms with E-state index < -0.39 is 6.10 Å². The standard InChI is InChI=1S/C17H27NO3/c1-13-4-2-7-17(8-13)21-12-16(20)10-18-9-14-5-3-6-15(14)11-19/h2,4,7-8,14-16,18-20H,3,5-6,9-12H2,1H3. The van der Waals surface area contributed by atoms with Gasteiger partial charge in [0, 0.05) is 13.2 Å². The van der Waals surface area contributed by atoms with Crippen LogP contribution in [0.15, 0.2) is 24.3 Å². The maximum absolute atomic E-state index is 9.94. The SMILES string of the molecule is Cc1cccc(OCC(O)CNCC2CCCC2CO)c1. The molecular formula is C17H27NO3. The van der Waals surface area contributed by atoms with Gasteiger partial charge in [-0.15, -0.1) is 0 Å². The Morgan fingerprint density at radius 3 is 2.90 bits per heavy atom. The van der Waals surface area contributed by atoms with Gasteiger partial charge in [0.15, 0.2) is 0 Å². The van der Waals surface area contributed by atoms with Crippen LogP contribution < -0.4 is 10.1 Å². The first-order valence-corrected chi connectivity index (χ1v) is 7.88. The summed E-state index contributed by atoms with van der Waals surface area (Å²) in [6.45, 7) is 3.99. The lowest BCUT2D eigenvalue weighted by Crippen LogP contribution is -2.35. The minimum Gasteiger partial charge on any atom is -0.491 e. The first kappa shape index (κ1) is 16.3. The third-order valence-corrected chi connectivity index (χ3v) is 4.27. The lowest BCUT2D eigenvalue weighted by Gasteiger charge is -2.19. The number of benzene rings is 1. The number of rotatable bonds is 8. The predicted molar refractivity (Wildman–Crippen MR) is 83.5 cm³/mol. The van der Waals surface area contributed by atoms with E-state index in [-0.39, 0.29) is 6.61 Å². The van der Waals surface area contributed by atoms with E-state index >= 15 is 0 Å². The molecular weight excluding hydrogens is 266 g/mol. The molecule has 2 rings (SSSR count). The van der Waals surface area contributed by atoms with Crippen LogP contribution in [0, 0.1) is 18.8 Å². The highest BCUT2D eigenvalue weighted by Crippen LogP contribution is 2.30. The molecule has 1 fully saturated rings. The topological polar surface area (TPSA) is 61.7 Å². The zero-order valence-electron chi connectivity index (χ0n) is 12.8. The summed E-state index contributed by atoms with van der Waals surface area (Å²) < 4.78 is 5.58. The molecule has 0 radical (unpaired) electrons. The van der Waals surface area contributed by atoms with Crippen molar-refractivity contribution in [3.05, 3.63) is 29.8 Å². The van der Waals surface area contributed by atoms with Crippen LogP contribution in [0.25, 0.3) is 0 Å². The summed E-state index contributed by atoms with van der Waals surface area (Å²) in [5.74, 6) is 1.77. The summed E-state index contributed by atoms with van der Waals surface area (Å²) in [6, 6.07) is 7.83. The van der Waals surface area contributed by atoms with Gasteiger partial charge >= 0.3 is 0 Å². The Morgan fingerprint density at radius 2 is 2.14 bits per heavy atom. The third kappa shape index (κ3) is 5.30. The van der Waals surface area contributed by atoms with Gasteiger partial charge < -0.3 is 20.3 Å². The number of hydrogen-bond donors (Lipinski definition) is 3. The van der Waals surface area contributed by atoms with Gasteiger partial charge in [-0.05, 0) is 55.8 Å². The van der Waals surface area contributed by atoms with Crippen molar-refractivity contribution in [1.29, 1.82) is 0 Å². The van der Waals surface area contributed by atoms with Gasteiger partial charge in [0.2, 0.25) is 0 Å². The zero-order valence-corrected chi connectivity index (χ0v) is 12.8. The largest absolute Gasteiger partial charge is 0.491 e. The van der Waals surface area contributed by atoms with Crippen LogP contribution in [0.3, 0.4) is 0 Å². The third-order valence-electron chi connectivity index (χ3n) is 4.27. The van der Waals surface area contributed by atoms with Crippen molar-refractivity contribution in [3.63, 3.8) is 0 Å². The van der Waals surface area contributed by atoms with Crippen molar-refractivity contribution in [1.82, 2.24) is 5.32 Å². The molecule has 118 valence electrons. The molecule has 0 heterocycles. The van der Waals surface area contributed by atoms with Gasteiger partial charge in [0.05, 0.1) is 0 Å². The van der Waals surface area contributed by atoms with Crippen molar-refractivity contribution >= 4 is 0 Å². The fraction of sp³-hybridized carbons (Fsp3) is 0.647. The molecule has 0 saturated heterocycles. The minimum absolute atomic E-state index is 0.283. The van der Waals surface area contributed by atoms with Gasteiger partial charge in [0.25, 0.3) is 0 Å². The lowest BCUT2D eigenvalue weighted by molar-refractivity contribution is 0.104. The molecule has 3 atom stereocenters. The zero-order chi connectivity index (χ0) is 15.1. The Kier molecular flexibility index (Phi) is 6.49. The highest BCUT2D eigenvalue weighted by molar-refractivity contribution is 5.27. The molecule has 0 amide bonds. The summed E-state index contributed by atoms with van der Waals surface area (Å²) in [4.78, 5) is 0. The molecule has 1 aliphatic carbocycles. The molecule has 0 bridgehead atoms. The van der Waals surface area contributed by atoms with Crippen LogP contribution in [0.2, 0.25) is 0 Å². The average Bonchev–Trinajstić information content (AvgIpc) is 2.93. The Hall–Kier alpha value is -1.10. The Balaban J connectivity index is 1.62. The molecule has 4 heteroatoms. The second-order valence-electron chi connectivity index (χ2n) is 6.07. The summed E-state index contributed by atoms with van der Waals surface area (Å²) in [5.41, 5.74) is 1.15. The second kappa shape index (κ2) is 8.37. The smallest absolute Gasteiger partial charge is 0.119 e. The summed E-state index contributed by atoms with van der Waals surface area (Å²) >= 11 is 0. The number of ether oxygens (including phenoxy) is 1. The number of aliphatic hydroxyl groups is 2. The molecule has 0 aliphatic heterocycles. The maximum Gasteiger partial charge on any atom is 0.119 e. The van der Waals surface area contributed by atoms with E-state index in [9.17, 15) is 10.2 Å². The van der Waals surface area contributed by atoms with Crippen molar-refractivity contribution < 1.29 is 14.9 Å². The Labute approximate surface area is 127 Å². The molecule has 1 aromatic carbocycles. The van der Waals surface area contributed by atoms with Crippen LogP contribution in [0.5, 0.6) is 5.75 Å². The lowest BCUT2D eigenvalue weighted by atomic mass is 9.97. The van der Waals surface area contributed by atoms with Gasteiger partial charge in [0.1, 0.15) is 18.5 Å². The number of hydrogen-bond acceptors (Lipinski definition) is 4. The molecule has 0 aromatic heterocycles. The molecule has 1 saturated carbocycles. The molecule has 3 N–H and O–H groups in total. The first-order valence-electron chi connectivity index (χ1n) is 7.88. The maximum atomic E-state index is 9.94. The highest BCUT2D eigenvalue weighted by Gasteiger charge is 2.26. The molecule has 1 aliphatic rings. The van der Waals surface area contributed by atoms with Crippen LogP contribution >= 0.6 is 0 Å². The van der Waals surface area contributed by atoms with Crippen molar-refractivity contribution in [2.24, 2.45) is 11.8 Å². The summed E-state index contributed by atoms with van der Waals surface area (Å²) in [6.07, 6.45) is 2.99. The second-order valence-corrected chi connectivity index (χ2v) is 6.07. The summed E-state index contributed by atoms with van der Waals surface area (Å²) in [5, 5.41) is 22.5. The number of aliphatic hydroxyl groups excluding tert-OH is 2. The fourth-order valence-corrected chi connectivity index (χ4v) is 3.01. The predicted octanol–water partition coefficient (Wildman–Crippen LogP) is 1.73.